The summed E-state index contributed by atoms with van der Waals surface area (Å²) in [6.45, 7) is 3.48. The molecule has 1 unspecified atom stereocenters. The second-order valence-electron chi connectivity index (χ2n) is 4.90. The molecule has 2 nitrogen and oxygen atoms in total. The Morgan fingerprint density at radius 3 is 3.06 bits per heavy atom. The van der Waals surface area contributed by atoms with Crippen molar-refractivity contribution in [3.8, 4) is 0 Å². The third kappa shape index (κ3) is 3.90. The molecule has 1 aliphatic heterocycles. The van der Waals surface area contributed by atoms with Gasteiger partial charge in [0.1, 0.15) is 0 Å². The molecule has 94 valence electrons. The number of hydrogen-bond acceptors (Lipinski definition) is 2. The van der Waals surface area contributed by atoms with Gasteiger partial charge in [-0.3, -0.25) is 0 Å². The predicted molar refractivity (Wildman–Crippen MR) is 74.9 cm³/mol. The van der Waals surface area contributed by atoms with E-state index in [0.717, 1.165) is 17.5 Å². The third-order valence-corrected chi connectivity index (χ3v) is 3.76. The maximum Gasteiger partial charge on any atom is 0.0426 e. The van der Waals surface area contributed by atoms with E-state index in [1.54, 1.807) is 0 Å². The summed E-state index contributed by atoms with van der Waals surface area (Å²) in [4.78, 5) is 2.29. The Bertz CT molecular complexity index is 348. The van der Waals surface area contributed by atoms with Crippen LogP contribution in [0, 0.1) is 5.92 Å². The zero-order chi connectivity index (χ0) is 12.1. The monoisotopic (exact) mass is 252 g/mol. The highest BCUT2D eigenvalue weighted by Crippen LogP contribution is 2.20. The summed E-state index contributed by atoms with van der Waals surface area (Å²) in [6.07, 6.45) is 3.96. The van der Waals surface area contributed by atoms with Gasteiger partial charge >= 0.3 is 0 Å². The zero-order valence-electron chi connectivity index (χ0n) is 10.5. The van der Waals surface area contributed by atoms with Crippen molar-refractivity contribution < 1.29 is 0 Å². The number of nitrogens with zero attached hydrogens (tertiary/aromatic N) is 1. The summed E-state index contributed by atoms with van der Waals surface area (Å²) >= 11 is 6.00. The highest BCUT2D eigenvalue weighted by Gasteiger charge is 2.13. The minimum absolute atomic E-state index is 0.814. The van der Waals surface area contributed by atoms with Crippen LogP contribution in [0.4, 0.5) is 5.69 Å². The smallest absolute Gasteiger partial charge is 0.0426 e. The second-order valence-corrected chi connectivity index (χ2v) is 5.34. The molecule has 0 saturated carbocycles. The van der Waals surface area contributed by atoms with Crippen LogP contribution in [0.2, 0.25) is 5.02 Å². The van der Waals surface area contributed by atoms with Crippen molar-refractivity contribution in [3.05, 3.63) is 29.3 Å². The SMILES string of the molecule is CN(CCC1CCCNC1)c1cccc(Cl)c1. The minimum atomic E-state index is 0.814. The van der Waals surface area contributed by atoms with Gasteiger partial charge in [0.15, 0.2) is 0 Å². The molecule has 0 bridgehead atoms. The first-order valence-electron chi connectivity index (χ1n) is 6.43. The van der Waals surface area contributed by atoms with Crippen molar-refractivity contribution in [2.75, 3.05) is 31.6 Å². The molecule has 1 saturated heterocycles. The van der Waals surface area contributed by atoms with Gasteiger partial charge in [0.2, 0.25) is 0 Å². The summed E-state index contributed by atoms with van der Waals surface area (Å²) in [5, 5.41) is 4.28. The lowest BCUT2D eigenvalue weighted by atomic mass is 9.96. The number of piperidine rings is 1. The molecule has 0 spiro atoms. The van der Waals surface area contributed by atoms with Gasteiger partial charge < -0.3 is 10.2 Å². The van der Waals surface area contributed by atoms with Gasteiger partial charge in [0.25, 0.3) is 0 Å². The summed E-state index contributed by atoms with van der Waals surface area (Å²) in [5.74, 6) is 0.838. The molecule has 0 aliphatic carbocycles. The van der Waals surface area contributed by atoms with E-state index < -0.39 is 0 Å². The van der Waals surface area contributed by atoms with Crippen molar-refractivity contribution in [1.29, 1.82) is 0 Å². The van der Waals surface area contributed by atoms with Crippen LogP contribution in [-0.2, 0) is 0 Å². The molecule has 0 aromatic heterocycles. The highest BCUT2D eigenvalue weighted by molar-refractivity contribution is 6.30. The first-order valence-corrected chi connectivity index (χ1v) is 6.81. The lowest BCUT2D eigenvalue weighted by Crippen LogP contribution is -2.32. The van der Waals surface area contributed by atoms with Crippen molar-refractivity contribution in [2.45, 2.75) is 19.3 Å². The van der Waals surface area contributed by atoms with Gasteiger partial charge in [0.05, 0.1) is 0 Å². The minimum Gasteiger partial charge on any atom is -0.375 e. The van der Waals surface area contributed by atoms with E-state index in [2.05, 4.69) is 23.3 Å². The molecule has 1 atom stereocenters. The number of hydrogen-bond donors (Lipinski definition) is 1. The summed E-state index contributed by atoms with van der Waals surface area (Å²) in [5.41, 5.74) is 1.21. The Kier molecular flexibility index (Phi) is 4.69. The standard InChI is InChI=1S/C14H21ClN2/c1-17(14-6-2-5-13(15)10-14)9-7-12-4-3-8-16-11-12/h2,5-6,10,12,16H,3-4,7-9,11H2,1H3. The molecule has 17 heavy (non-hydrogen) atoms. The van der Waals surface area contributed by atoms with Crippen LogP contribution in [0.25, 0.3) is 0 Å². The molecule has 1 aliphatic rings. The second kappa shape index (κ2) is 6.27. The number of benzene rings is 1. The first kappa shape index (κ1) is 12.7. The van der Waals surface area contributed by atoms with E-state index in [4.69, 9.17) is 11.6 Å². The van der Waals surface area contributed by atoms with Crippen molar-refractivity contribution in [3.63, 3.8) is 0 Å². The Morgan fingerprint density at radius 1 is 1.47 bits per heavy atom. The van der Waals surface area contributed by atoms with Crippen LogP contribution in [0.3, 0.4) is 0 Å². The van der Waals surface area contributed by atoms with E-state index in [-0.39, 0.29) is 0 Å². The van der Waals surface area contributed by atoms with Crippen LogP contribution in [0.5, 0.6) is 0 Å². The van der Waals surface area contributed by atoms with Gasteiger partial charge in [-0.25, -0.2) is 0 Å². The lowest BCUT2D eigenvalue weighted by Gasteiger charge is -2.26. The molecule has 3 heteroatoms. The Morgan fingerprint density at radius 2 is 2.35 bits per heavy atom. The fourth-order valence-corrected chi connectivity index (χ4v) is 2.57. The van der Waals surface area contributed by atoms with Crippen molar-refractivity contribution in [2.24, 2.45) is 5.92 Å². The van der Waals surface area contributed by atoms with E-state index in [1.165, 1.54) is 38.0 Å². The van der Waals surface area contributed by atoms with E-state index in [1.807, 2.05) is 18.2 Å². The Balaban J connectivity index is 1.82. The molecular weight excluding hydrogens is 232 g/mol. The van der Waals surface area contributed by atoms with E-state index in [0.29, 0.717) is 0 Å². The average Bonchev–Trinajstić information content (AvgIpc) is 2.37. The fourth-order valence-electron chi connectivity index (χ4n) is 2.39. The summed E-state index contributed by atoms with van der Waals surface area (Å²) in [7, 11) is 2.14. The van der Waals surface area contributed by atoms with Crippen LogP contribution < -0.4 is 10.2 Å². The molecule has 1 fully saturated rings. The van der Waals surface area contributed by atoms with Crippen LogP contribution >= 0.6 is 11.6 Å². The molecule has 1 aromatic rings. The van der Waals surface area contributed by atoms with E-state index >= 15 is 0 Å². The number of nitrogens with one attached hydrogen (secondary N) is 1. The van der Waals surface area contributed by atoms with Crippen molar-refractivity contribution in [1.82, 2.24) is 5.32 Å². The Hall–Kier alpha value is -0.730. The van der Waals surface area contributed by atoms with Crippen LogP contribution in [0.1, 0.15) is 19.3 Å². The molecule has 1 N–H and O–H groups in total. The highest BCUT2D eigenvalue weighted by atomic mass is 35.5. The van der Waals surface area contributed by atoms with Gasteiger partial charge in [-0.1, -0.05) is 17.7 Å². The number of rotatable bonds is 4. The fraction of sp³-hybridized carbons (Fsp3) is 0.571. The number of anilines is 1. The molecular formula is C14H21ClN2. The predicted octanol–water partition coefficient (Wildman–Crippen LogP) is 3.17. The normalized spacial score (nSPS) is 20.2. The molecule has 1 heterocycles. The summed E-state index contributed by atoms with van der Waals surface area (Å²) in [6, 6.07) is 8.08. The Labute approximate surface area is 109 Å². The molecule has 0 radical (unpaired) electrons. The molecule has 1 aromatic carbocycles. The number of halogens is 1. The summed E-state index contributed by atoms with van der Waals surface area (Å²) < 4.78 is 0. The van der Waals surface area contributed by atoms with Crippen molar-refractivity contribution >= 4 is 17.3 Å². The quantitative estimate of drug-likeness (QED) is 0.886. The molecule has 0 amide bonds. The topological polar surface area (TPSA) is 15.3 Å². The molecule has 2 rings (SSSR count). The van der Waals surface area contributed by atoms with Crippen LogP contribution in [0.15, 0.2) is 24.3 Å². The van der Waals surface area contributed by atoms with Crippen LogP contribution in [-0.4, -0.2) is 26.7 Å². The zero-order valence-corrected chi connectivity index (χ0v) is 11.2. The maximum atomic E-state index is 6.00. The lowest BCUT2D eigenvalue weighted by molar-refractivity contribution is 0.360. The van der Waals surface area contributed by atoms with Gasteiger partial charge in [0, 0.05) is 24.3 Å². The largest absolute Gasteiger partial charge is 0.375 e. The maximum absolute atomic E-state index is 6.00. The average molecular weight is 253 g/mol. The first-order chi connectivity index (χ1) is 8.25. The van der Waals surface area contributed by atoms with Gasteiger partial charge in [-0.15, -0.1) is 0 Å². The van der Waals surface area contributed by atoms with Gasteiger partial charge in [-0.05, 0) is 56.5 Å². The van der Waals surface area contributed by atoms with E-state index in [9.17, 15) is 0 Å². The third-order valence-electron chi connectivity index (χ3n) is 3.52. The van der Waals surface area contributed by atoms with Gasteiger partial charge in [-0.2, -0.15) is 0 Å².